The zero-order valence-electron chi connectivity index (χ0n) is 8.87. The van der Waals surface area contributed by atoms with Crippen LogP contribution >= 0.6 is 11.3 Å². The summed E-state index contributed by atoms with van der Waals surface area (Å²) in [6, 6.07) is 4.61. The first-order valence-electron chi connectivity index (χ1n) is 5.62. The monoisotopic (exact) mass is 223 g/mol. The Morgan fingerprint density at radius 3 is 3.20 bits per heavy atom. The molecule has 0 aromatic carbocycles. The van der Waals surface area contributed by atoms with Gasteiger partial charge in [-0.25, -0.2) is 0 Å². The first-order valence-corrected chi connectivity index (χ1v) is 6.50. The predicted molar refractivity (Wildman–Crippen MR) is 63.3 cm³/mol. The lowest BCUT2D eigenvalue weighted by Gasteiger charge is -2.07. The number of thiophene rings is 1. The summed E-state index contributed by atoms with van der Waals surface area (Å²) in [7, 11) is 0. The highest BCUT2D eigenvalue weighted by Crippen LogP contribution is 2.14. The van der Waals surface area contributed by atoms with Crippen molar-refractivity contribution in [3.63, 3.8) is 0 Å². The summed E-state index contributed by atoms with van der Waals surface area (Å²) in [5.41, 5.74) is 0. The van der Waals surface area contributed by atoms with Crippen LogP contribution in [0.4, 0.5) is 0 Å². The second-order valence-corrected chi connectivity index (χ2v) is 5.15. The topological polar surface area (TPSA) is 29.1 Å². The largest absolute Gasteiger partial charge is 0.314 e. The fourth-order valence-electron chi connectivity index (χ4n) is 2.03. The minimum absolute atomic E-state index is 0.405. The van der Waals surface area contributed by atoms with E-state index in [0.29, 0.717) is 18.2 Å². The molecule has 0 aliphatic carbocycles. The molecule has 2 rings (SSSR count). The third-order valence-electron chi connectivity index (χ3n) is 2.87. The second kappa shape index (κ2) is 5.42. The second-order valence-electron chi connectivity index (χ2n) is 4.12. The van der Waals surface area contributed by atoms with Gasteiger partial charge in [-0.05, 0) is 37.3 Å². The van der Waals surface area contributed by atoms with Crippen LogP contribution in [0, 0.1) is 0 Å². The van der Waals surface area contributed by atoms with Gasteiger partial charge in [0.2, 0.25) is 0 Å². The van der Waals surface area contributed by atoms with Gasteiger partial charge in [-0.2, -0.15) is 0 Å². The number of nitrogens with one attached hydrogen (secondary N) is 1. The zero-order chi connectivity index (χ0) is 10.5. The SMILES string of the molecule is O=C(CCc1cccs1)CC1CCCN1. The Kier molecular flexibility index (Phi) is 3.92. The summed E-state index contributed by atoms with van der Waals surface area (Å²) >= 11 is 1.74. The third-order valence-corrected chi connectivity index (χ3v) is 3.80. The summed E-state index contributed by atoms with van der Waals surface area (Å²) in [5.74, 6) is 0.405. The molecule has 0 saturated carbocycles. The zero-order valence-corrected chi connectivity index (χ0v) is 9.69. The number of ketones is 1. The Morgan fingerprint density at radius 2 is 2.53 bits per heavy atom. The number of hydrogen-bond acceptors (Lipinski definition) is 3. The van der Waals surface area contributed by atoms with Crippen molar-refractivity contribution in [1.82, 2.24) is 5.32 Å². The van der Waals surface area contributed by atoms with Gasteiger partial charge in [0.1, 0.15) is 5.78 Å². The average Bonchev–Trinajstić information content (AvgIpc) is 2.86. The molecule has 1 saturated heterocycles. The van der Waals surface area contributed by atoms with Crippen molar-refractivity contribution in [2.24, 2.45) is 0 Å². The van der Waals surface area contributed by atoms with E-state index in [1.165, 1.54) is 17.7 Å². The van der Waals surface area contributed by atoms with Crippen molar-refractivity contribution in [3.05, 3.63) is 22.4 Å². The van der Waals surface area contributed by atoms with E-state index in [-0.39, 0.29) is 0 Å². The lowest BCUT2D eigenvalue weighted by Crippen LogP contribution is -2.24. The highest BCUT2D eigenvalue weighted by Gasteiger charge is 2.17. The summed E-state index contributed by atoms with van der Waals surface area (Å²) in [6.45, 7) is 1.09. The first kappa shape index (κ1) is 10.8. The Balaban J connectivity index is 1.68. The molecule has 15 heavy (non-hydrogen) atoms. The minimum Gasteiger partial charge on any atom is -0.314 e. The molecule has 2 heterocycles. The van der Waals surface area contributed by atoms with E-state index in [9.17, 15) is 4.79 Å². The van der Waals surface area contributed by atoms with E-state index in [2.05, 4.69) is 16.8 Å². The molecule has 1 atom stereocenters. The fraction of sp³-hybridized carbons (Fsp3) is 0.583. The number of rotatable bonds is 5. The van der Waals surface area contributed by atoms with E-state index in [4.69, 9.17) is 0 Å². The van der Waals surface area contributed by atoms with Crippen LogP contribution in [-0.2, 0) is 11.2 Å². The highest BCUT2D eigenvalue weighted by atomic mass is 32.1. The maximum atomic E-state index is 11.7. The summed E-state index contributed by atoms with van der Waals surface area (Å²) in [5, 5.41) is 5.43. The normalized spacial score (nSPS) is 20.7. The van der Waals surface area contributed by atoms with Crippen molar-refractivity contribution < 1.29 is 4.79 Å². The minimum atomic E-state index is 0.405. The first-order chi connectivity index (χ1) is 7.34. The quantitative estimate of drug-likeness (QED) is 0.830. The van der Waals surface area contributed by atoms with Crippen LogP contribution in [-0.4, -0.2) is 18.4 Å². The van der Waals surface area contributed by atoms with Crippen LogP contribution in [0.5, 0.6) is 0 Å². The molecule has 1 aromatic heterocycles. The lowest BCUT2D eigenvalue weighted by atomic mass is 10.1. The lowest BCUT2D eigenvalue weighted by molar-refractivity contribution is -0.119. The highest BCUT2D eigenvalue weighted by molar-refractivity contribution is 7.09. The van der Waals surface area contributed by atoms with E-state index in [1.807, 2.05) is 6.07 Å². The standard InChI is InChI=1S/C12H17NOS/c14-11(9-10-3-1-7-13-10)5-6-12-4-2-8-15-12/h2,4,8,10,13H,1,3,5-7,9H2. The molecular weight excluding hydrogens is 206 g/mol. The number of carbonyl (C=O) groups is 1. The Hall–Kier alpha value is -0.670. The van der Waals surface area contributed by atoms with Crippen molar-refractivity contribution in [2.75, 3.05) is 6.54 Å². The van der Waals surface area contributed by atoms with Crippen molar-refractivity contribution >= 4 is 17.1 Å². The predicted octanol–water partition coefficient (Wildman–Crippen LogP) is 2.39. The van der Waals surface area contributed by atoms with Gasteiger partial charge in [0.25, 0.3) is 0 Å². The summed E-state index contributed by atoms with van der Waals surface area (Å²) in [4.78, 5) is 13.0. The molecule has 1 unspecified atom stereocenters. The number of carbonyl (C=O) groups excluding carboxylic acids is 1. The van der Waals surface area contributed by atoms with Gasteiger partial charge in [-0.1, -0.05) is 6.07 Å². The van der Waals surface area contributed by atoms with Crippen molar-refractivity contribution in [2.45, 2.75) is 38.1 Å². The van der Waals surface area contributed by atoms with Crippen LogP contribution in [0.15, 0.2) is 17.5 Å². The molecule has 1 N–H and O–H groups in total. The molecule has 3 heteroatoms. The Labute approximate surface area is 94.7 Å². The van der Waals surface area contributed by atoms with Gasteiger partial charge in [0.15, 0.2) is 0 Å². The van der Waals surface area contributed by atoms with E-state index >= 15 is 0 Å². The molecule has 0 radical (unpaired) electrons. The molecule has 0 spiro atoms. The molecule has 1 fully saturated rings. The van der Waals surface area contributed by atoms with Gasteiger partial charge in [0.05, 0.1) is 0 Å². The molecular formula is C12H17NOS. The number of aryl methyl sites for hydroxylation is 1. The van der Waals surface area contributed by atoms with Crippen LogP contribution < -0.4 is 5.32 Å². The van der Waals surface area contributed by atoms with Gasteiger partial charge in [-0.15, -0.1) is 11.3 Å². The molecule has 0 bridgehead atoms. The van der Waals surface area contributed by atoms with E-state index < -0.39 is 0 Å². The average molecular weight is 223 g/mol. The van der Waals surface area contributed by atoms with Gasteiger partial charge >= 0.3 is 0 Å². The van der Waals surface area contributed by atoms with Gasteiger partial charge in [-0.3, -0.25) is 4.79 Å². The third kappa shape index (κ3) is 3.43. The number of Topliss-reactive ketones (excluding diaryl/α,β-unsaturated/α-hetero) is 1. The number of hydrogen-bond donors (Lipinski definition) is 1. The fourth-order valence-corrected chi connectivity index (χ4v) is 2.73. The van der Waals surface area contributed by atoms with Gasteiger partial charge < -0.3 is 5.32 Å². The van der Waals surface area contributed by atoms with Crippen molar-refractivity contribution in [1.29, 1.82) is 0 Å². The van der Waals surface area contributed by atoms with Crippen LogP contribution in [0.1, 0.15) is 30.6 Å². The Morgan fingerprint density at radius 1 is 1.60 bits per heavy atom. The summed E-state index contributed by atoms with van der Waals surface area (Å²) in [6.07, 6.45) is 4.75. The Bertz CT molecular complexity index is 301. The molecule has 0 amide bonds. The maximum Gasteiger partial charge on any atom is 0.134 e. The summed E-state index contributed by atoms with van der Waals surface area (Å²) < 4.78 is 0. The van der Waals surface area contributed by atoms with Crippen LogP contribution in [0.2, 0.25) is 0 Å². The van der Waals surface area contributed by atoms with Gasteiger partial charge in [0, 0.05) is 23.8 Å². The molecule has 1 aromatic rings. The maximum absolute atomic E-state index is 11.7. The van der Waals surface area contributed by atoms with E-state index in [0.717, 1.165) is 19.4 Å². The molecule has 82 valence electrons. The van der Waals surface area contributed by atoms with E-state index in [1.54, 1.807) is 11.3 Å². The molecule has 1 aliphatic heterocycles. The van der Waals surface area contributed by atoms with Crippen LogP contribution in [0.25, 0.3) is 0 Å². The molecule has 1 aliphatic rings. The van der Waals surface area contributed by atoms with Crippen LogP contribution in [0.3, 0.4) is 0 Å². The van der Waals surface area contributed by atoms with Crippen molar-refractivity contribution in [3.8, 4) is 0 Å². The molecule has 2 nitrogen and oxygen atoms in total. The smallest absolute Gasteiger partial charge is 0.134 e.